The largest absolute Gasteiger partial charge is 0.490 e. The smallest absolute Gasteiger partial charge is 0.233 e. The van der Waals surface area contributed by atoms with Crippen molar-refractivity contribution < 1.29 is 17.9 Å². The molecule has 2 rings (SSSR count). The quantitative estimate of drug-likeness (QED) is 0.758. The summed E-state index contributed by atoms with van der Waals surface area (Å²) in [4.78, 5) is 0.237. The van der Waals surface area contributed by atoms with E-state index in [1.807, 2.05) is 20.0 Å². The highest BCUT2D eigenvalue weighted by Crippen LogP contribution is 2.17. The topological polar surface area (TPSA) is 70.4 Å². The highest BCUT2D eigenvalue weighted by molar-refractivity contribution is 7.90. The van der Waals surface area contributed by atoms with Crippen LogP contribution in [0.2, 0.25) is 0 Å². The second kappa shape index (κ2) is 6.17. The molecule has 21 heavy (non-hydrogen) atoms. The Hall–Kier alpha value is -2.02. The third-order valence-electron chi connectivity index (χ3n) is 2.93. The number of hydrogen-bond acceptors (Lipinski definition) is 5. The SMILES string of the molecule is Cc1cc(OCCOc2cccc(S(C)(=O)=O)c2)nn1C. The summed E-state index contributed by atoms with van der Waals surface area (Å²) in [7, 11) is -1.38. The van der Waals surface area contributed by atoms with Crippen LogP contribution in [0.1, 0.15) is 5.69 Å². The minimum Gasteiger partial charge on any atom is -0.490 e. The molecule has 1 heterocycles. The van der Waals surface area contributed by atoms with Gasteiger partial charge in [-0.2, -0.15) is 0 Å². The zero-order chi connectivity index (χ0) is 15.5. The third-order valence-corrected chi connectivity index (χ3v) is 4.04. The predicted molar refractivity (Wildman–Crippen MR) is 78.5 cm³/mol. The lowest BCUT2D eigenvalue weighted by Gasteiger charge is -2.07. The fourth-order valence-electron chi connectivity index (χ4n) is 1.70. The molecule has 6 nitrogen and oxygen atoms in total. The number of nitrogens with zero attached hydrogens (tertiary/aromatic N) is 2. The van der Waals surface area contributed by atoms with Crippen LogP contribution >= 0.6 is 0 Å². The van der Waals surface area contributed by atoms with E-state index in [2.05, 4.69) is 5.10 Å². The van der Waals surface area contributed by atoms with E-state index in [-0.39, 0.29) is 4.90 Å². The molecule has 1 aromatic carbocycles. The number of aromatic nitrogens is 2. The van der Waals surface area contributed by atoms with Crippen LogP contribution in [-0.4, -0.2) is 37.7 Å². The lowest BCUT2D eigenvalue weighted by Crippen LogP contribution is -2.09. The normalized spacial score (nSPS) is 11.4. The number of benzene rings is 1. The molecule has 0 unspecified atom stereocenters. The molecule has 0 saturated carbocycles. The van der Waals surface area contributed by atoms with Gasteiger partial charge in [-0.15, -0.1) is 5.10 Å². The van der Waals surface area contributed by atoms with Crippen LogP contribution < -0.4 is 9.47 Å². The van der Waals surface area contributed by atoms with Gasteiger partial charge in [0.2, 0.25) is 5.88 Å². The molecular weight excluding hydrogens is 292 g/mol. The monoisotopic (exact) mass is 310 g/mol. The average molecular weight is 310 g/mol. The first-order valence-corrected chi connectivity index (χ1v) is 8.32. The Morgan fingerprint density at radius 2 is 1.90 bits per heavy atom. The van der Waals surface area contributed by atoms with Gasteiger partial charge in [0.15, 0.2) is 9.84 Å². The van der Waals surface area contributed by atoms with Crippen molar-refractivity contribution in [2.45, 2.75) is 11.8 Å². The van der Waals surface area contributed by atoms with Gasteiger partial charge in [0.1, 0.15) is 19.0 Å². The first-order chi connectivity index (χ1) is 9.86. The van der Waals surface area contributed by atoms with Gasteiger partial charge in [-0.05, 0) is 25.1 Å². The predicted octanol–water partition coefficient (Wildman–Crippen LogP) is 1.59. The molecule has 7 heteroatoms. The molecule has 114 valence electrons. The molecule has 0 aliphatic rings. The Morgan fingerprint density at radius 1 is 1.19 bits per heavy atom. The highest BCUT2D eigenvalue weighted by Gasteiger charge is 2.08. The molecule has 2 aromatic rings. The lowest BCUT2D eigenvalue weighted by molar-refractivity contribution is 0.210. The van der Waals surface area contributed by atoms with Crippen LogP contribution in [-0.2, 0) is 16.9 Å². The summed E-state index contributed by atoms with van der Waals surface area (Å²) in [5.74, 6) is 1.04. The Balaban J connectivity index is 1.86. The van der Waals surface area contributed by atoms with Crippen molar-refractivity contribution in [3.63, 3.8) is 0 Å². The van der Waals surface area contributed by atoms with Crippen LogP contribution in [0.25, 0.3) is 0 Å². The van der Waals surface area contributed by atoms with Gasteiger partial charge in [0, 0.05) is 25.1 Å². The molecule has 0 bridgehead atoms. The van der Waals surface area contributed by atoms with Gasteiger partial charge < -0.3 is 9.47 Å². The molecule has 0 radical (unpaired) electrons. The van der Waals surface area contributed by atoms with Crippen molar-refractivity contribution >= 4 is 9.84 Å². The number of sulfone groups is 1. The average Bonchev–Trinajstić information content (AvgIpc) is 2.73. The summed E-state index contributed by atoms with van der Waals surface area (Å²) in [6, 6.07) is 8.23. The second-order valence-electron chi connectivity index (χ2n) is 4.69. The van der Waals surface area contributed by atoms with Crippen molar-refractivity contribution in [1.82, 2.24) is 9.78 Å². The third kappa shape index (κ3) is 4.22. The van der Waals surface area contributed by atoms with Crippen molar-refractivity contribution in [1.29, 1.82) is 0 Å². The maximum atomic E-state index is 11.4. The van der Waals surface area contributed by atoms with Crippen molar-refractivity contribution in [2.75, 3.05) is 19.5 Å². The fraction of sp³-hybridized carbons (Fsp3) is 0.357. The summed E-state index contributed by atoms with van der Waals surface area (Å²) >= 11 is 0. The van der Waals surface area contributed by atoms with Gasteiger partial charge in [0.25, 0.3) is 0 Å². The maximum Gasteiger partial charge on any atom is 0.233 e. The van der Waals surface area contributed by atoms with E-state index >= 15 is 0 Å². The Morgan fingerprint density at radius 3 is 2.52 bits per heavy atom. The lowest BCUT2D eigenvalue weighted by atomic mass is 10.3. The summed E-state index contributed by atoms with van der Waals surface area (Å²) in [5.41, 5.74) is 1.01. The minimum atomic E-state index is -3.22. The molecule has 0 N–H and O–H groups in total. The molecule has 1 aromatic heterocycles. The highest BCUT2D eigenvalue weighted by atomic mass is 32.2. The van der Waals surface area contributed by atoms with Crippen LogP contribution in [0.15, 0.2) is 35.2 Å². The van der Waals surface area contributed by atoms with Crippen molar-refractivity contribution in [3.05, 3.63) is 36.0 Å². The van der Waals surface area contributed by atoms with Gasteiger partial charge in [0.05, 0.1) is 4.90 Å². The Labute approximate surface area is 124 Å². The Kier molecular flexibility index (Phi) is 4.52. The number of aryl methyl sites for hydroxylation is 2. The zero-order valence-corrected chi connectivity index (χ0v) is 13.1. The van der Waals surface area contributed by atoms with Gasteiger partial charge >= 0.3 is 0 Å². The molecule has 0 spiro atoms. The van der Waals surface area contributed by atoms with Crippen molar-refractivity contribution in [3.8, 4) is 11.6 Å². The summed E-state index contributed by atoms with van der Waals surface area (Å²) in [6.07, 6.45) is 1.17. The van der Waals surface area contributed by atoms with Crippen LogP contribution in [0, 0.1) is 6.92 Å². The maximum absolute atomic E-state index is 11.4. The number of ether oxygens (including phenoxy) is 2. The number of hydrogen-bond donors (Lipinski definition) is 0. The molecular formula is C14H18N2O4S. The standard InChI is InChI=1S/C14H18N2O4S/c1-11-9-14(15-16(11)2)20-8-7-19-12-5-4-6-13(10-12)21(3,17)18/h4-6,9-10H,7-8H2,1-3H3. The van der Waals surface area contributed by atoms with E-state index in [1.54, 1.807) is 16.8 Å². The van der Waals surface area contributed by atoms with E-state index in [0.717, 1.165) is 5.69 Å². The van der Waals surface area contributed by atoms with E-state index in [9.17, 15) is 8.42 Å². The van der Waals surface area contributed by atoms with Crippen LogP contribution in [0.3, 0.4) is 0 Å². The van der Waals surface area contributed by atoms with Gasteiger partial charge in [-0.25, -0.2) is 8.42 Å². The summed E-state index contributed by atoms with van der Waals surface area (Å²) in [5, 5.41) is 4.16. The van der Waals surface area contributed by atoms with E-state index in [0.29, 0.717) is 24.8 Å². The van der Waals surface area contributed by atoms with Gasteiger partial charge in [-0.1, -0.05) is 6.07 Å². The van der Waals surface area contributed by atoms with Crippen LogP contribution in [0.5, 0.6) is 11.6 Å². The molecule has 0 aliphatic carbocycles. The van der Waals surface area contributed by atoms with Crippen molar-refractivity contribution in [2.24, 2.45) is 7.05 Å². The Bertz CT molecular complexity index is 703. The van der Waals surface area contributed by atoms with E-state index in [1.165, 1.54) is 18.4 Å². The molecule has 0 aliphatic heterocycles. The van der Waals surface area contributed by atoms with Crippen LogP contribution in [0.4, 0.5) is 0 Å². The van der Waals surface area contributed by atoms with E-state index < -0.39 is 9.84 Å². The molecule has 0 atom stereocenters. The molecule has 0 amide bonds. The number of rotatable bonds is 6. The summed E-state index contributed by atoms with van der Waals surface area (Å²) in [6.45, 7) is 2.58. The first kappa shape index (κ1) is 15.4. The second-order valence-corrected chi connectivity index (χ2v) is 6.71. The summed E-state index contributed by atoms with van der Waals surface area (Å²) < 4.78 is 35.5. The van der Waals surface area contributed by atoms with E-state index in [4.69, 9.17) is 9.47 Å². The zero-order valence-electron chi connectivity index (χ0n) is 12.2. The van der Waals surface area contributed by atoms with Gasteiger partial charge in [-0.3, -0.25) is 4.68 Å². The minimum absolute atomic E-state index is 0.237. The first-order valence-electron chi connectivity index (χ1n) is 6.42. The molecule has 0 fully saturated rings. The fourth-order valence-corrected chi connectivity index (χ4v) is 2.35. The molecule has 0 saturated heterocycles.